The second kappa shape index (κ2) is 5.60. The summed E-state index contributed by atoms with van der Waals surface area (Å²) >= 11 is 3.90. The zero-order chi connectivity index (χ0) is 19.1. The van der Waals surface area contributed by atoms with E-state index in [-0.39, 0.29) is 41.2 Å². The highest BCUT2D eigenvalue weighted by Crippen LogP contribution is 2.70. The molecule has 26 heavy (non-hydrogen) atoms. The van der Waals surface area contributed by atoms with Crippen molar-refractivity contribution in [1.29, 1.82) is 0 Å². The molecule has 0 aromatic rings. The predicted molar refractivity (Wildman–Crippen MR) is 101 cm³/mol. The molecular formula is C21H26BrFO3. The van der Waals surface area contributed by atoms with Gasteiger partial charge in [-0.2, -0.15) is 0 Å². The number of aliphatic hydroxyl groups excluding tert-OH is 1. The van der Waals surface area contributed by atoms with Crippen molar-refractivity contribution < 1.29 is 19.1 Å². The lowest BCUT2D eigenvalue weighted by Crippen LogP contribution is -2.67. The quantitative estimate of drug-likeness (QED) is 0.648. The number of carbonyl (C=O) groups is 2. The molecule has 3 nitrogen and oxygen atoms in total. The van der Waals surface area contributed by atoms with Crippen LogP contribution in [0.2, 0.25) is 0 Å². The van der Waals surface area contributed by atoms with Gasteiger partial charge in [-0.05, 0) is 67.6 Å². The fraction of sp³-hybridized carbons (Fsp3) is 0.714. The number of Topliss-reactive ketones (excluding diaryl/α,β-unsaturated/α-hetero) is 1. The second-order valence-corrected chi connectivity index (χ2v) is 10.5. The Balaban J connectivity index is 1.84. The number of ketones is 2. The zero-order valence-corrected chi connectivity index (χ0v) is 17.1. The van der Waals surface area contributed by atoms with Crippen LogP contribution in [0.3, 0.4) is 0 Å². The highest BCUT2D eigenvalue weighted by molar-refractivity contribution is 9.10. The molecule has 0 heterocycles. The Bertz CT molecular complexity index is 746. The van der Waals surface area contributed by atoms with Gasteiger partial charge in [0.1, 0.15) is 12.0 Å². The molecule has 0 bridgehead atoms. The van der Waals surface area contributed by atoms with Crippen molar-refractivity contribution in [2.45, 2.75) is 63.1 Å². The monoisotopic (exact) mass is 424 g/mol. The Kier molecular flexibility index (Phi) is 4.00. The summed E-state index contributed by atoms with van der Waals surface area (Å²) in [5, 5.41) is 11.3. The van der Waals surface area contributed by atoms with Gasteiger partial charge in [-0.25, -0.2) is 4.39 Å². The molecule has 1 unspecified atom stereocenters. The van der Waals surface area contributed by atoms with Gasteiger partial charge >= 0.3 is 0 Å². The highest BCUT2D eigenvalue weighted by atomic mass is 79.9. The number of allylic oxidation sites excluding steroid dienone is 4. The van der Waals surface area contributed by atoms with Crippen LogP contribution in [0.15, 0.2) is 23.8 Å². The molecule has 0 radical (unpaired) electrons. The number of rotatable bonds is 1. The predicted octanol–water partition coefficient (Wildman–Crippen LogP) is 3.94. The number of carbonyl (C=O) groups excluding carboxylic acids is 2. The van der Waals surface area contributed by atoms with Gasteiger partial charge in [-0.15, -0.1) is 0 Å². The number of fused-ring (bicyclic) bond motifs is 5. The van der Waals surface area contributed by atoms with E-state index >= 15 is 4.39 Å². The summed E-state index contributed by atoms with van der Waals surface area (Å²) in [6.07, 6.45) is 5.28. The standard InChI is InChI=1S/C21H26BrFO3/c1-11(24)13-4-5-14-15-9-17(23)16-8-12(25)6-7-20(16,3)21(15,22)18(26)10-19(13,14)2/h6-8,13-15,17-18,26H,4-5,9-10H2,1-3H3/t13-,14+,15+,17?,18+,19-,20+,21+/m1/s1. The van der Waals surface area contributed by atoms with Gasteiger partial charge in [0.25, 0.3) is 0 Å². The smallest absolute Gasteiger partial charge is 0.178 e. The number of hydrogen-bond donors (Lipinski definition) is 1. The minimum absolute atomic E-state index is 0.0644. The second-order valence-electron chi connectivity index (χ2n) is 9.19. The molecule has 0 spiro atoms. The molecule has 0 aliphatic heterocycles. The first kappa shape index (κ1) is 18.5. The highest BCUT2D eigenvalue weighted by Gasteiger charge is 2.70. The summed E-state index contributed by atoms with van der Waals surface area (Å²) in [5.41, 5.74) is -0.571. The van der Waals surface area contributed by atoms with E-state index < -0.39 is 22.0 Å². The van der Waals surface area contributed by atoms with Crippen LogP contribution in [0, 0.1) is 28.6 Å². The van der Waals surface area contributed by atoms with Gasteiger partial charge in [0.05, 0.1) is 10.4 Å². The van der Waals surface area contributed by atoms with E-state index in [0.29, 0.717) is 12.0 Å². The SMILES string of the molecule is CC(=O)[C@H]1CC[C@H]2[C@@H]3CC(F)C4=CC(=O)C=C[C@]4(C)[C@@]3(Br)[C@@H](O)C[C@]12C. The van der Waals surface area contributed by atoms with E-state index in [1.54, 1.807) is 13.0 Å². The van der Waals surface area contributed by atoms with Gasteiger partial charge in [0.2, 0.25) is 0 Å². The Hall–Kier alpha value is -0.810. The van der Waals surface area contributed by atoms with Crippen LogP contribution in [0.5, 0.6) is 0 Å². The van der Waals surface area contributed by atoms with E-state index in [4.69, 9.17) is 0 Å². The maximum absolute atomic E-state index is 15.2. The molecule has 0 amide bonds. The summed E-state index contributed by atoms with van der Waals surface area (Å²) < 4.78 is 14.5. The first-order valence-electron chi connectivity index (χ1n) is 9.52. The maximum Gasteiger partial charge on any atom is 0.178 e. The lowest BCUT2D eigenvalue weighted by molar-refractivity contribution is -0.133. The summed E-state index contributed by atoms with van der Waals surface area (Å²) in [7, 11) is 0. The summed E-state index contributed by atoms with van der Waals surface area (Å²) in [6.45, 7) is 5.67. The molecule has 8 atom stereocenters. The molecule has 3 fully saturated rings. The molecule has 0 saturated heterocycles. The van der Waals surface area contributed by atoms with Gasteiger partial charge < -0.3 is 5.11 Å². The van der Waals surface area contributed by atoms with Crippen molar-refractivity contribution in [3.63, 3.8) is 0 Å². The third-order valence-corrected chi connectivity index (χ3v) is 10.1. The average molecular weight is 425 g/mol. The Morgan fingerprint density at radius 2 is 2.00 bits per heavy atom. The molecule has 4 aliphatic rings. The fourth-order valence-electron chi connectivity index (χ4n) is 6.87. The Morgan fingerprint density at radius 1 is 1.31 bits per heavy atom. The number of hydrogen-bond acceptors (Lipinski definition) is 3. The minimum atomic E-state index is -1.20. The molecule has 0 aromatic carbocycles. The number of halogens is 2. The topological polar surface area (TPSA) is 54.4 Å². The number of alkyl halides is 2. The Morgan fingerprint density at radius 3 is 2.65 bits per heavy atom. The van der Waals surface area contributed by atoms with Crippen molar-refractivity contribution >= 4 is 27.5 Å². The summed E-state index contributed by atoms with van der Waals surface area (Å²) in [4.78, 5) is 24.1. The molecule has 142 valence electrons. The first-order valence-corrected chi connectivity index (χ1v) is 10.3. The summed E-state index contributed by atoms with van der Waals surface area (Å²) in [6, 6.07) is 0. The molecule has 0 aromatic heterocycles. The summed E-state index contributed by atoms with van der Waals surface area (Å²) in [5.74, 6) is 0.0112. The Labute approximate surface area is 162 Å². The van der Waals surface area contributed by atoms with E-state index in [2.05, 4.69) is 22.9 Å². The molecule has 5 heteroatoms. The zero-order valence-electron chi connectivity index (χ0n) is 15.5. The van der Waals surface area contributed by atoms with Crippen molar-refractivity contribution in [2.24, 2.45) is 28.6 Å². The van der Waals surface area contributed by atoms with E-state index in [1.807, 2.05) is 6.92 Å². The molecule has 4 rings (SSSR count). The average Bonchev–Trinajstić information content (AvgIpc) is 2.89. The molecular weight excluding hydrogens is 399 g/mol. The number of aliphatic hydroxyl groups is 1. The van der Waals surface area contributed by atoms with Gasteiger partial charge in [0.15, 0.2) is 5.78 Å². The molecule has 1 N–H and O–H groups in total. The van der Waals surface area contributed by atoms with Crippen molar-refractivity contribution in [1.82, 2.24) is 0 Å². The van der Waals surface area contributed by atoms with Crippen molar-refractivity contribution in [2.75, 3.05) is 0 Å². The molecule has 3 saturated carbocycles. The third-order valence-electron chi connectivity index (χ3n) is 8.12. The first-order chi connectivity index (χ1) is 12.1. The fourth-order valence-corrected chi connectivity index (χ4v) is 7.90. The third kappa shape index (κ3) is 2.07. The van der Waals surface area contributed by atoms with E-state index in [0.717, 1.165) is 12.8 Å². The van der Waals surface area contributed by atoms with Gasteiger partial charge in [0, 0.05) is 11.3 Å². The normalized spacial score (nSPS) is 52.8. The van der Waals surface area contributed by atoms with Crippen molar-refractivity contribution in [3.8, 4) is 0 Å². The van der Waals surface area contributed by atoms with E-state index in [9.17, 15) is 14.7 Å². The van der Waals surface area contributed by atoms with Crippen LogP contribution in [0.4, 0.5) is 4.39 Å². The van der Waals surface area contributed by atoms with Gasteiger partial charge in [-0.3, -0.25) is 9.59 Å². The lowest BCUT2D eigenvalue weighted by atomic mass is 9.46. The maximum atomic E-state index is 15.2. The van der Waals surface area contributed by atoms with Gasteiger partial charge in [-0.1, -0.05) is 35.9 Å². The van der Waals surface area contributed by atoms with Crippen molar-refractivity contribution in [3.05, 3.63) is 23.8 Å². The molecule has 4 aliphatic carbocycles. The van der Waals surface area contributed by atoms with Crippen LogP contribution < -0.4 is 0 Å². The van der Waals surface area contributed by atoms with Crippen LogP contribution in [0.1, 0.15) is 46.5 Å². The van der Waals surface area contributed by atoms with E-state index in [1.165, 1.54) is 12.2 Å². The van der Waals surface area contributed by atoms with Crippen LogP contribution in [0.25, 0.3) is 0 Å². The minimum Gasteiger partial charge on any atom is -0.392 e. The van der Waals surface area contributed by atoms with Crippen LogP contribution in [-0.4, -0.2) is 33.3 Å². The van der Waals surface area contributed by atoms with Crippen LogP contribution in [-0.2, 0) is 9.59 Å². The largest absolute Gasteiger partial charge is 0.392 e. The van der Waals surface area contributed by atoms with Crippen LogP contribution >= 0.6 is 15.9 Å². The lowest BCUT2D eigenvalue weighted by Gasteiger charge is -2.64.